The number of carbonyl (C=O) groups is 2. The highest BCUT2D eigenvalue weighted by Crippen LogP contribution is 2.36. The van der Waals surface area contributed by atoms with Gasteiger partial charge in [-0.3, -0.25) is 9.59 Å². The Bertz CT molecular complexity index is 2180. The fraction of sp³-hybridized carbons (Fsp3) is 0.680. The molecule has 4 aliphatic rings. The van der Waals surface area contributed by atoms with Gasteiger partial charge in [0, 0.05) is 44.6 Å². The third kappa shape index (κ3) is 14.8. The third-order valence-corrected chi connectivity index (χ3v) is 13.5. The molecular formula is C50H71N5O16. The van der Waals surface area contributed by atoms with Crippen molar-refractivity contribution in [2.24, 2.45) is 28.8 Å². The maximum absolute atomic E-state index is 14.1. The second-order valence-corrected chi connectivity index (χ2v) is 19.0. The maximum Gasteiger partial charge on any atom is 0.308 e. The lowest BCUT2D eigenvalue weighted by molar-refractivity contribution is -0.305. The number of ketones is 1. The molecule has 6 heterocycles. The number of pyridine rings is 1. The van der Waals surface area contributed by atoms with E-state index in [4.69, 9.17) is 52.0 Å². The van der Waals surface area contributed by atoms with Gasteiger partial charge in [-0.05, 0) is 71.8 Å². The number of aliphatic hydroxyl groups excluding tert-OH is 3. The summed E-state index contributed by atoms with van der Waals surface area (Å²) in [6, 6.07) is 7.89. The van der Waals surface area contributed by atoms with E-state index in [1.54, 1.807) is 63.2 Å². The number of cyclic esters (lactones) is 1. The van der Waals surface area contributed by atoms with Crippen molar-refractivity contribution >= 4 is 17.5 Å². The van der Waals surface area contributed by atoms with Crippen molar-refractivity contribution in [1.29, 1.82) is 5.26 Å². The van der Waals surface area contributed by atoms with Crippen molar-refractivity contribution in [2.45, 2.75) is 134 Å². The predicted octanol–water partition coefficient (Wildman–Crippen LogP) is 3.13. The summed E-state index contributed by atoms with van der Waals surface area (Å²) in [7, 11) is 6.45. The summed E-state index contributed by atoms with van der Waals surface area (Å²) >= 11 is 0. The Morgan fingerprint density at radius 1 is 0.930 bits per heavy atom. The van der Waals surface area contributed by atoms with Crippen LogP contribution in [0.5, 0.6) is 0 Å². The van der Waals surface area contributed by atoms with Gasteiger partial charge in [0.25, 0.3) is 0 Å². The highest BCUT2D eigenvalue weighted by molar-refractivity contribution is 5.91. The quantitative estimate of drug-likeness (QED) is 0.204. The largest absolute Gasteiger partial charge is 0.465 e. The molecule has 16 atom stereocenters. The fourth-order valence-corrected chi connectivity index (χ4v) is 9.43. The Balaban J connectivity index is 1.28. The zero-order chi connectivity index (χ0) is 51.4. The van der Waals surface area contributed by atoms with Crippen molar-refractivity contribution in [2.75, 3.05) is 61.3 Å². The number of rotatable bonds is 12. The Kier molecular flexibility index (Phi) is 20.8. The summed E-state index contributed by atoms with van der Waals surface area (Å²) < 4.78 is 60.7. The third-order valence-electron chi connectivity index (χ3n) is 13.5. The molecule has 4 aliphatic heterocycles. The first-order chi connectivity index (χ1) is 34.0. The molecule has 2 bridgehead atoms. The van der Waals surface area contributed by atoms with Crippen LogP contribution in [0.3, 0.4) is 0 Å². The molecule has 3 saturated heterocycles. The summed E-state index contributed by atoms with van der Waals surface area (Å²) in [6.07, 6.45) is -4.36. The number of fused-ring (bicyclic) bond motifs is 3. The number of likely N-dealkylation sites (N-methyl/N-ethyl adjacent to an activating group) is 1. The van der Waals surface area contributed by atoms with Gasteiger partial charge in [-0.1, -0.05) is 48.0 Å². The highest BCUT2D eigenvalue weighted by atomic mass is 16.7. The number of aliphatic hydroxyl groups is 3. The van der Waals surface area contributed by atoms with E-state index in [9.17, 15) is 30.2 Å². The van der Waals surface area contributed by atoms with Gasteiger partial charge in [-0.25, -0.2) is 4.98 Å². The molecule has 21 nitrogen and oxygen atoms in total. The van der Waals surface area contributed by atoms with E-state index in [0.717, 1.165) is 5.57 Å². The topological polar surface area (TPSA) is 265 Å². The molecule has 0 aliphatic carbocycles. The number of oxime groups is 1. The molecule has 0 spiro atoms. The van der Waals surface area contributed by atoms with Crippen LogP contribution < -0.4 is 0 Å². The normalized spacial score (nSPS) is 36.8. The van der Waals surface area contributed by atoms with E-state index in [0.29, 0.717) is 35.7 Å². The molecule has 0 saturated carbocycles. The van der Waals surface area contributed by atoms with Crippen molar-refractivity contribution in [3.8, 4) is 17.5 Å². The summed E-state index contributed by atoms with van der Waals surface area (Å²) in [5.41, 5.74) is 2.16. The van der Waals surface area contributed by atoms with Crippen LogP contribution in [-0.2, 0) is 63.7 Å². The van der Waals surface area contributed by atoms with Crippen molar-refractivity contribution in [3.63, 3.8) is 0 Å². The van der Waals surface area contributed by atoms with Gasteiger partial charge in [-0.2, -0.15) is 5.26 Å². The standard InChI is InChI=1S/C50H71N5O16/c1-27-13-14-39(56)28(2)18-33-15-16-63-24-35(53-67-26-36-19-38(54-71-36)37-12-10-11-34(21-51)52-37)25-64-40(29(3)46(33)70-49-45(60)42(55(6)7)43(58)30(4)68-49)20-41(57)65-22-32(17-27)23-66-50-48(62-9)47(61-8)44(59)31(5)69-50/h10-14,17,19,28-33,40,42-50,58-60H,15-16,18,20,22-26H2,1-9H3/b14-13+,27-17+,53-35+/t28-,29+,30-,31-,32+,33?,40-,42+,43-,44-,45-,46-,47-,48-,49+,50-/m1/s1. The highest BCUT2D eigenvalue weighted by Gasteiger charge is 2.48. The Hall–Kier alpha value is -4.54. The minimum Gasteiger partial charge on any atom is -0.465 e. The summed E-state index contributed by atoms with van der Waals surface area (Å²) in [5, 5.41) is 51.2. The number of nitriles is 1. The zero-order valence-corrected chi connectivity index (χ0v) is 42.0. The van der Waals surface area contributed by atoms with Crippen LogP contribution >= 0.6 is 0 Å². The lowest BCUT2D eigenvalue weighted by Crippen LogP contribution is -2.63. The molecule has 21 heteroatoms. The molecule has 2 aromatic heterocycles. The fourth-order valence-electron chi connectivity index (χ4n) is 9.43. The van der Waals surface area contributed by atoms with Gasteiger partial charge in [0.1, 0.15) is 47.6 Å². The number of methoxy groups -OCH3 is 2. The smallest absolute Gasteiger partial charge is 0.308 e. The van der Waals surface area contributed by atoms with E-state index in [1.807, 2.05) is 32.9 Å². The van der Waals surface area contributed by atoms with Crippen LogP contribution in [-0.4, -0.2) is 183 Å². The van der Waals surface area contributed by atoms with Gasteiger partial charge < -0.3 is 72.2 Å². The van der Waals surface area contributed by atoms with Crippen molar-refractivity contribution in [3.05, 3.63) is 59.5 Å². The lowest BCUT2D eigenvalue weighted by atomic mass is 9.79. The Morgan fingerprint density at radius 3 is 2.41 bits per heavy atom. The van der Waals surface area contributed by atoms with E-state index in [1.165, 1.54) is 20.3 Å². The second-order valence-electron chi connectivity index (χ2n) is 19.0. The SMILES string of the molecule is CO[C@@H]1[C@H](O)[C@@H](C)O[C@@H](OC[C@H]2/C=C(C)/C=C/C(=O)[C@H](C)CC3CCOC/C(=N\OCc4cc(-c5cccc(C#N)n5)no4)CO[C@H](CC(=O)OC2)[C@H](C)[C@H]3O[C@@H]2O[C@H](C)[C@@H](O)[C@H](N(C)C)[C@H]2O)[C@@H]1OC. The summed E-state index contributed by atoms with van der Waals surface area (Å²) in [6.45, 7) is 8.79. The first-order valence-electron chi connectivity index (χ1n) is 24.1. The Morgan fingerprint density at radius 2 is 1.68 bits per heavy atom. The number of hydrogen-bond donors (Lipinski definition) is 3. The van der Waals surface area contributed by atoms with E-state index in [2.05, 4.69) is 15.3 Å². The predicted molar refractivity (Wildman–Crippen MR) is 252 cm³/mol. The number of aromatic nitrogens is 2. The van der Waals surface area contributed by atoms with Crippen molar-refractivity contribution in [1.82, 2.24) is 15.0 Å². The van der Waals surface area contributed by atoms with Crippen LogP contribution in [0.4, 0.5) is 0 Å². The lowest BCUT2D eigenvalue weighted by Gasteiger charge is -2.47. The van der Waals surface area contributed by atoms with E-state index in [-0.39, 0.29) is 57.5 Å². The number of esters is 1. The van der Waals surface area contributed by atoms with Crippen LogP contribution in [0.25, 0.3) is 11.4 Å². The molecule has 6 rings (SSSR count). The minimum absolute atomic E-state index is 0.00572. The maximum atomic E-state index is 14.1. The van der Waals surface area contributed by atoms with Gasteiger partial charge in [-0.15, -0.1) is 0 Å². The monoisotopic (exact) mass is 997 g/mol. The molecule has 3 fully saturated rings. The number of nitrogens with zero attached hydrogens (tertiary/aromatic N) is 5. The molecule has 392 valence electrons. The molecule has 0 radical (unpaired) electrons. The first kappa shape index (κ1) is 55.8. The molecular weight excluding hydrogens is 927 g/mol. The van der Waals surface area contributed by atoms with Gasteiger partial charge in [0.15, 0.2) is 30.7 Å². The average Bonchev–Trinajstić information content (AvgIpc) is 3.82. The van der Waals surface area contributed by atoms with Crippen LogP contribution in [0.2, 0.25) is 0 Å². The molecule has 1 unspecified atom stereocenters. The van der Waals surface area contributed by atoms with Gasteiger partial charge >= 0.3 is 5.97 Å². The van der Waals surface area contributed by atoms with Crippen molar-refractivity contribution < 1.29 is 76.9 Å². The number of allylic oxidation sites excluding steroid dienone is 3. The van der Waals surface area contributed by atoms with Gasteiger partial charge in [0.2, 0.25) is 0 Å². The minimum atomic E-state index is -1.28. The van der Waals surface area contributed by atoms with Crippen LogP contribution in [0.1, 0.15) is 65.3 Å². The first-order valence-corrected chi connectivity index (χ1v) is 24.1. The van der Waals surface area contributed by atoms with Gasteiger partial charge in [0.05, 0.1) is 75.1 Å². The molecule has 2 aromatic rings. The molecule has 3 N–H and O–H groups in total. The molecule has 0 aromatic carbocycles. The Labute approximate surface area is 414 Å². The average molecular weight is 998 g/mol. The zero-order valence-electron chi connectivity index (χ0n) is 42.0. The molecule has 0 amide bonds. The summed E-state index contributed by atoms with van der Waals surface area (Å²) in [4.78, 5) is 39.8. The number of carbonyl (C=O) groups excluding carboxylic acids is 2. The molecule has 71 heavy (non-hydrogen) atoms. The summed E-state index contributed by atoms with van der Waals surface area (Å²) in [5.74, 6) is -2.44. The van der Waals surface area contributed by atoms with Crippen LogP contribution in [0, 0.1) is 35.0 Å². The number of ether oxygens (including phenoxy) is 9. The van der Waals surface area contributed by atoms with E-state index >= 15 is 0 Å². The van der Waals surface area contributed by atoms with E-state index < -0.39 is 103 Å². The number of hydrogen-bond acceptors (Lipinski definition) is 21. The second kappa shape index (κ2) is 26.4. The van der Waals surface area contributed by atoms with Crippen LogP contribution in [0.15, 0.2) is 57.7 Å².